The fraction of sp³-hybridized carbons (Fsp3) is 0.467. The molecule has 1 aromatic carbocycles. The number of nitrogens with one attached hydrogen (secondary N) is 1. The van der Waals surface area contributed by atoms with E-state index in [4.69, 9.17) is 4.42 Å². The van der Waals surface area contributed by atoms with Crippen LogP contribution in [0, 0.1) is 17.2 Å². The van der Waals surface area contributed by atoms with Crippen LogP contribution in [-0.4, -0.2) is 55.1 Å². The van der Waals surface area contributed by atoms with Gasteiger partial charge in [-0.1, -0.05) is 25.0 Å². The number of carbonyl (C=O) groups is 1. The van der Waals surface area contributed by atoms with Gasteiger partial charge in [0.1, 0.15) is 17.0 Å². The summed E-state index contributed by atoms with van der Waals surface area (Å²) in [5.41, 5.74) is 0.343. The second-order valence-corrected chi connectivity index (χ2v) is 14.0. The number of nitriles is 1. The molecule has 2 saturated carbocycles. The van der Waals surface area contributed by atoms with Gasteiger partial charge in [-0.05, 0) is 43.9 Å². The summed E-state index contributed by atoms with van der Waals surface area (Å²) >= 11 is 0. The first-order valence-corrected chi connectivity index (χ1v) is 16.2. The number of alkyl halides is 3. The average molecular weight is 616 g/mol. The van der Waals surface area contributed by atoms with Crippen molar-refractivity contribution in [2.24, 2.45) is 5.92 Å². The number of rotatable bonds is 6. The van der Waals surface area contributed by atoms with Gasteiger partial charge in [-0.2, -0.15) is 29.0 Å². The highest BCUT2D eigenvalue weighted by Crippen LogP contribution is 2.46. The molecular formula is C30H32F3N5O4S. The monoisotopic (exact) mass is 615 g/mol. The third-order valence-electron chi connectivity index (χ3n) is 8.61. The van der Waals surface area contributed by atoms with Crippen molar-refractivity contribution in [2.75, 3.05) is 29.5 Å². The molecule has 1 amide bonds. The standard InChI is InChI=1S/C30H32F3N5O4S/c31-30(32,33)21-15-20(16-35-17-21)28-36-25(19-5-7-22(8-6-19)38-11-13-43(40,41)14-12-38)26(42-28)23-3-1-2-4-24(23)27(39)37-29(18-34)9-10-29/h5-8,15-17,23-24,40-41H,1-4,9-14H2,(H,37,39)/t23-,24-/m1/s1. The van der Waals surface area contributed by atoms with E-state index in [1.165, 1.54) is 6.20 Å². The number of amides is 1. The quantitative estimate of drug-likeness (QED) is 0.288. The third kappa shape index (κ3) is 6.23. The molecule has 3 aliphatic rings. The van der Waals surface area contributed by atoms with Gasteiger partial charge in [-0.3, -0.25) is 18.9 Å². The maximum atomic E-state index is 13.5. The minimum absolute atomic E-state index is 0.0191. The lowest BCUT2D eigenvalue weighted by atomic mass is 9.76. The molecule has 0 radical (unpaired) electrons. The summed E-state index contributed by atoms with van der Waals surface area (Å²) < 4.78 is 66.6. The zero-order chi connectivity index (χ0) is 30.4. The number of benzene rings is 1. The van der Waals surface area contributed by atoms with Crippen molar-refractivity contribution in [3.05, 3.63) is 54.0 Å². The molecule has 3 N–H and O–H groups in total. The van der Waals surface area contributed by atoms with Crippen molar-refractivity contribution in [1.82, 2.24) is 15.3 Å². The smallest absolute Gasteiger partial charge is 0.417 e. The fourth-order valence-corrected chi connectivity index (χ4v) is 7.15. The van der Waals surface area contributed by atoms with E-state index in [0.717, 1.165) is 30.8 Å². The van der Waals surface area contributed by atoms with E-state index < -0.39 is 33.8 Å². The molecule has 2 aliphatic carbocycles. The van der Waals surface area contributed by atoms with Crippen LogP contribution in [0.1, 0.15) is 55.8 Å². The zero-order valence-corrected chi connectivity index (χ0v) is 24.1. The predicted molar refractivity (Wildman–Crippen MR) is 155 cm³/mol. The van der Waals surface area contributed by atoms with Crippen LogP contribution in [0.5, 0.6) is 0 Å². The van der Waals surface area contributed by atoms with Crippen molar-refractivity contribution in [3.63, 3.8) is 0 Å². The SMILES string of the molecule is N#CC1(NC(=O)[C@@H]2CCCC[C@H]2c2oc(-c3cncc(C(F)(F)F)c3)nc2-c2ccc(N3CCS(O)(O)CC3)cc2)CC1. The number of pyridine rings is 1. The fourth-order valence-electron chi connectivity index (χ4n) is 5.92. The molecule has 2 aromatic heterocycles. The Kier molecular flexibility index (Phi) is 7.64. The van der Waals surface area contributed by atoms with Gasteiger partial charge in [-0.15, -0.1) is 0 Å². The van der Waals surface area contributed by atoms with Crippen LogP contribution in [0.2, 0.25) is 0 Å². The zero-order valence-electron chi connectivity index (χ0n) is 23.3. The Labute approximate surface area is 248 Å². The maximum absolute atomic E-state index is 13.5. The van der Waals surface area contributed by atoms with E-state index in [2.05, 4.69) is 26.3 Å². The number of oxazole rings is 1. The van der Waals surface area contributed by atoms with Crippen molar-refractivity contribution in [1.29, 1.82) is 5.26 Å². The number of carbonyl (C=O) groups excluding carboxylic acids is 1. The van der Waals surface area contributed by atoms with E-state index in [1.807, 2.05) is 24.3 Å². The van der Waals surface area contributed by atoms with Crippen molar-refractivity contribution < 1.29 is 31.5 Å². The van der Waals surface area contributed by atoms with E-state index >= 15 is 0 Å². The Balaban J connectivity index is 1.37. The van der Waals surface area contributed by atoms with Crippen LogP contribution in [0.4, 0.5) is 18.9 Å². The average Bonchev–Trinajstić information content (AvgIpc) is 3.63. The van der Waals surface area contributed by atoms with Crippen molar-refractivity contribution >= 4 is 22.2 Å². The second kappa shape index (κ2) is 11.2. The lowest BCUT2D eigenvalue weighted by Crippen LogP contribution is -2.42. The largest absolute Gasteiger partial charge is 0.440 e. The Morgan fingerprint density at radius 2 is 1.79 bits per heavy atom. The Bertz CT molecular complexity index is 1540. The molecule has 3 heterocycles. The normalized spacial score (nSPS) is 23.7. The molecule has 43 heavy (non-hydrogen) atoms. The predicted octanol–water partition coefficient (Wildman–Crippen LogP) is 6.44. The van der Waals surface area contributed by atoms with Crippen molar-refractivity contribution in [2.45, 2.75) is 56.2 Å². The highest BCUT2D eigenvalue weighted by molar-refractivity contribution is 8.24. The van der Waals surface area contributed by atoms with E-state index in [1.54, 1.807) is 0 Å². The van der Waals surface area contributed by atoms with Gasteiger partial charge in [0, 0.05) is 48.6 Å². The minimum Gasteiger partial charge on any atom is -0.440 e. The van der Waals surface area contributed by atoms with Gasteiger partial charge in [0.25, 0.3) is 0 Å². The molecule has 3 aromatic rings. The molecule has 228 valence electrons. The first-order valence-electron chi connectivity index (χ1n) is 14.3. The van der Waals surface area contributed by atoms with Gasteiger partial charge in [0.2, 0.25) is 11.8 Å². The summed E-state index contributed by atoms with van der Waals surface area (Å²) in [7, 11) is -2.54. The highest BCUT2D eigenvalue weighted by atomic mass is 32.3. The van der Waals surface area contributed by atoms with Gasteiger partial charge < -0.3 is 14.6 Å². The summed E-state index contributed by atoms with van der Waals surface area (Å²) in [5, 5.41) is 12.4. The van der Waals surface area contributed by atoms with Gasteiger partial charge >= 0.3 is 6.18 Å². The summed E-state index contributed by atoms with van der Waals surface area (Å²) in [6.07, 6.45) is 1.52. The van der Waals surface area contributed by atoms with Gasteiger partial charge in [-0.25, -0.2) is 4.98 Å². The molecule has 9 nitrogen and oxygen atoms in total. The van der Waals surface area contributed by atoms with Crippen LogP contribution >= 0.6 is 10.6 Å². The van der Waals surface area contributed by atoms with Crippen LogP contribution < -0.4 is 10.2 Å². The molecule has 0 unspecified atom stereocenters. The number of aromatic nitrogens is 2. The number of anilines is 1. The summed E-state index contributed by atoms with van der Waals surface area (Å²) in [5.74, 6) is -0.0805. The van der Waals surface area contributed by atoms with Crippen molar-refractivity contribution in [3.8, 4) is 28.8 Å². The number of hydrogen-bond donors (Lipinski definition) is 3. The highest BCUT2D eigenvalue weighted by Gasteiger charge is 2.47. The number of halogens is 3. The molecule has 1 saturated heterocycles. The van der Waals surface area contributed by atoms with E-state index in [0.29, 0.717) is 67.3 Å². The lowest BCUT2D eigenvalue weighted by molar-refractivity contribution is -0.137. The molecule has 13 heteroatoms. The van der Waals surface area contributed by atoms with Crippen LogP contribution in [0.15, 0.2) is 47.1 Å². The molecule has 2 atom stereocenters. The molecule has 0 bridgehead atoms. The minimum atomic E-state index is -4.59. The molecule has 3 fully saturated rings. The lowest BCUT2D eigenvalue weighted by Gasteiger charge is -2.41. The Hall–Kier alpha value is -3.60. The van der Waals surface area contributed by atoms with Gasteiger partial charge in [0.05, 0.1) is 28.7 Å². The van der Waals surface area contributed by atoms with Crippen LogP contribution in [0.25, 0.3) is 22.7 Å². The maximum Gasteiger partial charge on any atom is 0.417 e. The topological polar surface area (TPSA) is 136 Å². The van der Waals surface area contributed by atoms with Crippen LogP contribution in [0.3, 0.4) is 0 Å². The van der Waals surface area contributed by atoms with Crippen LogP contribution in [-0.2, 0) is 11.0 Å². The molecule has 1 aliphatic heterocycles. The Morgan fingerprint density at radius 3 is 2.44 bits per heavy atom. The first kappa shape index (κ1) is 29.5. The first-order chi connectivity index (χ1) is 20.5. The summed E-state index contributed by atoms with van der Waals surface area (Å²) in [6.45, 7) is 1.01. The number of nitrogens with zero attached hydrogens (tertiary/aromatic N) is 4. The van der Waals surface area contributed by atoms with E-state index in [-0.39, 0.29) is 23.3 Å². The second-order valence-electron chi connectivity index (χ2n) is 11.6. The molecule has 0 spiro atoms. The number of hydrogen-bond acceptors (Lipinski definition) is 8. The summed E-state index contributed by atoms with van der Waals surface area (Å²) in [6, 6.07) is 10.6. The molecular weight excluding hydrogens is 583 g/mol. The third-order valence-corrected chi connectivity index (χ3v) is 10.3. The van der Waals surface area contributed by atoms with Gasteiger partial charge in [0.15, 0.2) is 0 Å². The van der Waals surface area contributed by atoms with E-state index in [9.17, 15) is 32.3 Å². The molecule has 6 rings (SSSR count). The Morgan fingerprint density at radius 1 is 1.09 bits per heavy atom. The summed E-state index contributed by atoms with van der Waals surface area (Å²) in [4.78, 5) is 24.0.